The SMILES string of the molecule is COc1cc(N=C(N)NN)c(OC)cc1Cl. The lowest BCUT2D eigenvalue weighted by molar-refractivity contribution is 0.404. The van der Waals surface area contributed by atoms with Gasteiger partial charge >= 0.3 is 0 Å². The Labute approximate surface area is 98.2 Å². The molecule has 0 fully saturated rings. The molecule has 0 bridgehead atoms. The van der Waals surface area contributed by atoms with Crippen molar-refractivity contribution >= 4 is 23.2 Å². The number of halogens is 1. The first kappa shape index (κ1) is 12.4. The lowest BCUT2D eigenvalue weighted by atomic mass is 10.2. The predicted molar refractivity (Wildman–Crippen MR) is 63.2 cm³/mol. The number of aliphatic imine (C=N–C) groups is 1. The van der Waals surface area contributed by atoms with Gasteiger partial charge in [0.15, 0.2) is 0 Å². The first-order chi connectivity index (χ1) is 7.62. The molecule has 0 saturated carbocycles. The van der Waals surface area contributed by atoms with Gasteiger partial charge in [-0.15, -0.1) is 0 Å². The van der Waals surface area contributed by atoms with Crippen molar-refractivity contribution in [3.8, 4) is 11.5 Å². The van der Waals surface area contributed by atoms with E-state index in [0.29, 0.717) is 22.2 Å². The van der Waals surface area contributed by atoms with Crippen LogP contribution < -0.4 is 26.5 Å². The number of nitrogens with one attached hydrogen (secondary N) is 1. The molecule has 6 nitrogen and oxygen atoms in total. The number of guanidine groups is 1. The van der Waals surface area contributed by atoms with E-state index < -0.39 is 0 Å². The van der Waals surface area contributed by atoms with E-state index >= 15 is 0 Å². The average Bonchev–Trinajstić information content (AvgIpc) is 2.30. The van der Waals surface area contributed by atoms with Crippen LogP contribution >= 0.6 is 11.6 Å². The van der Waals surface area contributed by atoms with E-state index in [-0.39, 0.29) is 5.96 Å². The minimum atomic E-state index is 0.0580. The first-order valence-corrected chi connectivity index (χ1v) is 4.72. The van der Waals surface area contributed by atoms with Crippen LogP contribution in [0.15, 0.2) is 17.1 Å². The number of rotatable bonds is 3. The molecule has 88 valence electrons. The van der Waals surface area contributed by atoms with Gasteiger partial charge in [0.25, 0.3) is 0 Å². The highest BCUT2D eigenvalue weighted by Crippen LogP contribution is 2.37. The molecule has 0 spiro atoms. The number of benzene rings is 1. The minimum Gasteiger partial charge on any atom is -0.495 e. The lowest BCUT2D eigenvalue weighted by Gasteiger charge is -2.09. The predicted octanol–water partition coefficient (Wildman–Crippen LogP) is 0.767. The molecule has 0 amide bonds. The Hall–Kier alpha value is -1.66. The second kappa shape index (κ2) is 5.43. The monoisotopic (exact) mass is 244 g/mol. The molecule has 7 heteroatoms. The summed E-state index contributed by atoms with van der Waals surface area (Å²) in [6, 6.07) is 3.19. The van der Waals surface area contributed by atoms with Crippen molar-refractivity contribution in [1.82, 2.24) is 5.43 Å². The topological polar surface area (TPSA) is 94.9 Å². The van der Waals surface area contributed by atoms with E-state index in [0.717, 1.165) is 0 Å². The molecular weight excluding hydrogens is 232 g/mol. The number of hydrazine groups is 1. The highest BCUT2D eigenvalue weighted by Gasteiger charge is 2.09. The van der Waals surface area contributed by atoms with Crippen LogP contribution in [0.25, 0.3) is 0 Å². The Morgan fingerprint density at radius 1 is 1.31 bits per heavy atom. The summed E-state index contributed by atoms with van der Waals surface area (Å²) in [5.74, 6) is 6.12. The molecule has 0 heterocycles. The van der Waals surface area contributed by atoms with Gasteiger partial charge in [-0.3, -0.25) is 5.43 Å². The molecule has 1 aromatic rings. The fourth-order valence-corrected chi connectivity index (χ4v) is 1.32. The summed E-state index contributed by atoms with van der Waals surface area (Å²) in [5.41, 5.74) is 8.13. The number of methoxy groups -OCH3 is 2. The summed E-state index contributed by atoms with van der Waals surface area (Å²) >= 11 is 5.93. The number of nitrogens with two attached hydrogens (primary N) is 2. The standard InChI is InChI=1S/C9H13ClN4O2/c1-15-7-4-6(13-9(11)14-12)8(16-2)3-5(7)10/h3-4H,12H2,1-2H3,(H3,11,13,14). The zero-order valence-electron chi connectivity index (χ0n) is 8.95. The van der Waals surface area contributed by atoms with Crippen molar-refractivity contribution < 1.29 is 9.47 Å². The van der Waals surface area contributed by atoms with Crippen molar-refractivity contribution in [2.24, 2.45) is 16.6 Å². The summed E-state index contributed by atoms with van der Waals surface area (Å²) in [5, 5.41) is 0.428. The van der Waals surface area contributed by atoms with E-state index in [2.05, 4.69) is 10.4 Å². The van der Waals surface area contributed by atoms with Crippen LogP contribution in [0.4, 0.5) is 5.69 Å². The minimum absolute atomic E-state index is 0.0580. The number of nitrogens with zero attached hydrogens (tertiary/aromatic N) is 1. The van der Waals surface area contributed by atoms with Gasteiger partial charge in [-0.2, -0.15) is 0 Å². The Morgan fingerprint density at radius 3 is 2.44 bits per heavy atom. The fourth-order valence-electron chi connectivity index (χ4n) is 1.09. The summed E-state index contributed by atoms with van der Waals surface area (Å²) in [7, 11) is 3.01. The van der Waals surface area contributed by atoms with Crippen LogP contribution in [0.1, 0.15) is 0 Å². The number of hydrogen-bond acceptors (Lipinski definition) is 4. The fraction of sp³-hybridized carbons (Fsp3) is 0.222. The molecule has 0 aliphatic heterocycles. The van der Waals surface area contributed by atoms with Crippen molar-refractivity contribution in [3.63, 3.8) is 0 Å². The van der Waals surface area contributed by atoms with Crippen molar-refractivity contribution in [1.29, 1.82) is 0 Å². The molecular formula is C9H13ClN4O2. The van der Waals surface area contributed by atoms with E-state index in [1.165, 1.54) is 14.2 Å². The van der Waals surface area contributed by atoms with Crippen LogP contribution in [0.2, 0.25) is 5.02 Å². The Kier molecular flexibility index (Phi) is 4.21. The second-order valence-corrected chi connectivity index (χ2v) is 3.21. The maximum atomic E-state index is 5.93. The smallest absolute Gasteiger partial charge is 0.208 e. The highest BCUT2D eigenvalue weighted by molar-refractivity contribution is 6.32. The maximum Gasteiger partial charge on any atom is 0.208 e. The second-order valence-electron chi connectivity index (χ2n) is 2.80. The van der Waals surface area contributed by atoms with Gasteiger partial charge < -0.3 is 15.2 Å². The Balaban J connectivity index is 3.25. The van der Waals surface area contributed by atoms with Crippen molar-refractivity contribution in [3.05, 3.63) is 17.2 Å². The molecule has 0 aliphatic carbocycles. The van der Waals surface area contributed by atoms with Gasteiger partial charge in [0.1, 0.15) is 17.2 Å². The van der Waals surface area contributed by atoms with Crippen LogP contribution in [-0.2, 0) is 0 Å². The molecule has 1 aromatic carbocycles. The van der Waals surface area contributed by atoms with E-state index in [1.807, 2.05) is 0 Å². The van der Waals surface area contributed by atoms with Gasteiger partial charge in [-0.1, -0.05) is 11.6 Å². The molecule has 0 atom stereocenters. The van der Waals surface area contributed by atoms with Crippen LogP contribution in [0, 0.1) is 0 Å². The third-order valence-electron chi connectivity index (χ3n) is 1.84. The van der Waals surface area contributed by atoms with E-state index in [9.17, 15) is 0 Å². The van der Waals surface area contributed by atoms with Gasteiger partial charge in [0, 0.05) is 12.1 Å². The molecule has 0 unspecified atom stereocenters. The van der Waals surface area contributed by atoms with E-state index in [4.69, 9.17) is 32.7 Å². The third-order valence-corrected chi connectivity index (χ3v) is 2.14. The molecule has 0 aliphatic rings. The van der Waals surface area contributed by atoms with Crippen LogP contribution in [-0.4, -0.2) is 20.2 Å². The normalized spacial score (nSPS) is 11.1. The van der Waals surface area contributed by atoms with E-state index in [1.54, 1.807) is 12.1 Å². The zero-order valence-corrected chi connectivity index (χ0v) is 9.71. The van der Waals surface area contributed by atoms with Crippen molar-refractivity contribution in [2.75, 3.05) is 14.2 Å². The van der Waals surface area contributed by atoms with Crippen molar-refractivity contribution in [2.45, 2.75) is 0 Å². The summed E-state index contributed by atoms with van der Waals surface area (Å²) in [4.78, 5) is 3.99. The average molecular weight is 245 g/mol. The van der Waals surface area contributed by atoms with Crippen LogP contribution in [0.5, 0.6) is 11.5 Å². The maximum absolute atomic E-state index is 5.93. The molecule has 5 N–H and O–H groups in total. The molecule has 0 aromatic heterocycles. The lowest BCUT2D eigenvalue weighted by Crippen LogP contribution is -2.36. The van der Waals surface area contributed by atoms with Gasteiger partial charge in [-0.25, -0.2) is 10.8 Å². The number of hydrogen-bond donors (Lipinski definition) is 3. The largest absolute Gasteiger partial charge is 0.495 e. The number of ether oxygens (including phenoxy) is 2. The summed E-state index contributed by atoms with van der Waals surface area (Å²) in [6.45, 7) is 0. The van der Waals surface area contributed by atoms with Gasteiger partial charge in [0.05, 0.1) is 19.2 Å². The molecule has 1 rings (SSSR count). The Morgan fingerprint density at radius 2 is 1.94 bits per heavy atom. The molecule has 0 saturated heterocycles. The third kappa shape index (κ3) is 2.68. The molecule has 16 heavy (non-hydrogen) atoms. The van der Waals surface area contributed by atoms with Gasteiger partial charge in [-0.05, 0) is 0 Å². The quantitative estimate of drug-likeness (QED) is 0.316. The molecule has 0 radical (unpaired) electrons. The highest BCUT2D eigenvalue weighted by atomic mass is 35.5. The zero-order chi connectivity index (χ0) is 12.1. The van der Waals surface area contributed by atoms with Crippen LogP contribution in [0.3, 0.4) is 0 Å². The Bertz CT molecular complexity index is 409. The summed E-state index contributed by atoms with van der Waals surface area (Å²) < 4.78 is 10.2. The summed E-state index contributed by atoms with van der Waals surface area (Å²) in [6.07, 6.45) is 0. The first-order valence-electron chi connectivity index (χ1n) is 4.34. The van der Waals surface area contributed by atoms with Gasteiger partial charge in [0.2, 0.25) is 5.96 Å².